The molecule has 0 amide bonds. The van der Waals surface area contributed by atoms with Crippen molar-refractivity contribution in [2.75, 3.05) is 18.9 Å². The molecule has 0 spiro atoms. The average Bonchev–Trinajstić information content (AvgIpc) is 3.17. The van der Waals surface area contributed by atoms with Crippen LogP contribution in [0.1, 0.15) is 30.4 Å². The molecule has 0 aliphatic carbocycles. The van der Waals surface area contributed by atoms with E-state index in [1.807, 2.05) is 51.1 Å². The SMILES string of the molecule is CCOCc1nc2c(N)nc(C)c(C)c2n1CCCNS(=O)(=O)c1ccc2ccccc2c1. The van der Waals surface area contributed by atoms with Gasteiger partial charge in [-0.15, -0.1) is 0 Å². The van der Waals surface area contributed by atoms with Crippen LogP contribution < -0.4 is 10.5 Å². The Kier molecular flexibility index (Phi) is 6.64. The molecule has 4 rings (SSSR count). The summed E-state index contributed by atoms with van der Waals surface area (Å²) in [6, 6.07) is 12.8. The number of anilines is 1. The maximum atomic E-state index is 12.8. The minimum Gasteiger partial charge on any atom is -0.382 e. The molecule has 0 unspecified atom stereocenters. The van der Waals surface area contributed by atoms with Crippen molar-refractivity contribution in [2.45, 2.75) is 45.2 Å². The second-order valence-corrected chi connectivity index (χ2v) is 9.75. The number of aromatic nitrogens is 3. The molecule has 0 bridgehead atoms. The number of nitrogens with zero attached hydrogens (tertiary/aromatic N) is 3. The first-order valence-corrected chi connectivity index (χ1v) is 12.5. The van der Waals surface area contributed by atoms with Gasteiger partial charge in [-0.3, -0.25) is 0 Å². The van der Waals surface area contributed by atoms with Gasteiger partial charge in [-0.2, -0.15) is 0 Å². The average molecular weight is 468 g/mol. The monoisotopic (exact) mass is 467 g/mol. The zero-order valence-electron chi connectivity index (χ0n) is 19.1. The van der Waals surface area contributed by atoms with E-state index in [0.717, 1.165) is 33.4 Å². The van der Waals surface area contributed by atoms with Gasteiger partial charge in [0.05, 0.1) is 10.4 Å². The molecule has 3 N–H and O–H groups in total. The zero-order valence-corrected chi connectivity index (χ0v) is 19.9. The molecule has 0 radical (unpaired) electrons. The van der Waals surface area contributed by atoms with Crippen molar-refractivity contribution in [3.63, 3.8) is 0 Å². The normalized spacial score (nSPS) is 12.1. The minimum atomic E-state index is -3.61. The molecule has 2 heterocycles. The lowest BCUT2D eigenvalue weighted by Gasteiger charge is -2.13. The highest BCUT2D eigenvalue weighted by Crippen LogP contribution is 2.26. The Balaban J connectivity index is 1.52. The van der Waals surface area contributed by atoms with Gasteiger partial charge in [-0.1, -0.05) is 30.3 Å². The van der Waals surface area contributed by atoms with Crippen LogP contribution in [-0.4, -0.2) is 36.1 Å². The third-order valence-corrected chi connectivity index (χ3v) is 7.25. The summed E-state index contributed by atoms with van der Waals surface area (Å²) in [6.45, 7) is 7.63. The van der Waals surface area contributed by atoms with Crippen LogP contribution >= 0.6 is 0 Å². The number of aryl methyl sites for hydroxylation is 3. The fourth-order valence-electron chi connectivity index (χ4n) is 3.95. The summed E-state index contributed by atoms with van der Waals surface area (Å²) in [6.07, 6.45) is 0.581. The predicted molar refractivity (Wildman–Crippen MR) is 130 cm³/mol. The number of nitrogens with two attached hydrogens (primary N) is 1. The van der Waals surface area contributed by atoms with Crippen molar-refractivity contribution in [3.8, 4) is 0 Å². The molecule has 0 atom stereocenters. The number of pyridine rings is 1. The summed E-state index contributed by atoms with van der Waals surface area (Å²) in [5.74, 6) is 1.15. The Labute approximate surface area is 193 Å². The minimum absolute atomic E-state index is 0.261. The van der Waals surface area contributed by atoms with Crippen LogP contribution in [0.15, 0.2) is 47.4 Å². The molecule has 9 heteroatoms. The summed E-state index contributed by atoms with van der Waals surface area (Å²) >= 11 is 0. The van der Waals surface area contributed by atoms with Crippen LogP contribution in [0.5, 0.6) is 0 Å². The summed E-state index contributed by atoms with van der Waals surface area (Å²) in [5.41, 5.74) is 9.57. The van der Waals surface area contributed by atoms with E-state index in [0.29, 0.717) is 44.1 Å². The van der Waals surface area contributed by atoms with Crippen molar-refractivity contribution < 1.29 is 13.2 Å². The van der Waals surface area contributed by atoms with Gasteiger partial charge in [0, 0.05) is 25.4 Å². The maximum absolute atomic E-state index is 12.8. The summed E-state index contributed by atoms with van der Waals surface area (Å²) in [5, 5.41) is 1.90. The molecular weight excluding hydrogens is 438 g/mol. The van der Waals surface area contributed by atoms with E-state index in [1.54, 1.807) is 12.1 Å². The molecule has 4 aromatic rings. The molecule has 0 aliphatic rings. The summed E-state index contributed by atoms with van der Waals surface area (Å²) in [4.78, 5) is 9.32. The van der Waals surface area contributed by atoms with Gasteiger partial charge in [0.25, 0.3) is 0 Å². The molecule has 0 saturated heterocycles. The maximum Gasteiger partial charge on any atom is 0.240 e. The lowest BCUT2D eigenvalue weighted by atomic mass is 10.1. The van der Waals surface area contributed by atoms with Gasteiger partial charge in [0.2, 0.25) is 10.0 Å². The number of hydrogen-bond acceptors (Lipinski definition) is 6. The van der Waals surface area contributed by atoms with Crippen LogP contribution in [0, 0.1) is 13.8 Å². The first kappa shape index (κ1) is 23.2. The number of sulfonamides is 1. The van der Waals surface area contributed by atoms with Gasteiger partial charge in [-0.05, 0) is 55.7 Å². The van der Waals surface area contributed by atoms with Crippen LogP contribution in [0.4, 0.5) is 5.82 Å². The highest BCUT2D eigenvalue weighted by molar-refractivity contribution is 7.89. The third-order valence-electron chi connectivity index (χ3n) is 5.79. The molecule has 0 fully saturated rings. The van der Waals surface area contributed by atoms with Crippen molar-refractivity contribution >= 4 is 37.6 Å². The number of hydrogen-bond donors (Lipinski definition) is 2. The van der Waals surface area contributed by atoms with E-state index < -0.39 is 10.0 Å². The Morgan fingerprint density at radius 3 is 2.61 bits per heavy atom. The van der Waals surface area contributed by atoms with Gasteiger partial charge < -0.3 is 15.0 Å². The lowest BCUT2D eigenvalue weighted by molar-refractivity contribution is 0.126. The first-order chi connectivity index (χ1) is 15.8. The van der Waals surface area contributed by atoms with Crippen molar-refractivity contribution in [2.24, 2.45) is 0 Å². The third kappa shape index (κ3) is 4.71. The van der Waals surface area contributed by atoms with Crippen LogP contribution in [0.25, 0.3) is 21.8 Å². The number of fused-ring (bicyclic) bond motifs is 2. The number of rotatable bonds is 9. The van der Waals surface area contributed by atoms with E-state index in [9.17, 15) is 8.42 Å². The first-order valence-electron chi connectivity index (χ1n) is 11.0. The Hall–Kier alpha value is -3.01. The van der Waals surface area contributed by atoms with Gasteiger partial charge in [-0.25, -0.2) is 23.1 Å². The quantitative estimate of drug-likeness (QED) is 0.363. The van der Waals surface area contributed by atoms with Crippen molar-refractivity contribution in [1.82, 2.24) is 19.3 Å². The number of nitrogens with one attached hydrogen (secondary N) is 1. The van der Waals surface area contributed by atoms with Crippen molar-refractivity contribution in [3.05, 3.63) is 59.5 Å². The summed E-state index contributed by atoms with van der Waals surface area (Å²) in [7, 11) is -3.61. The van der Waals surface area contributed by atoms with E-state index in [1.165, 1.54) is 0 Å². The second kappa shape index (κ2) is 9.46. The smallest absolute Gasteiger partial charge is 0.240 e. The number of ether oxygens (including phenoxy) is 1. The highest BCUT2D eigenvalue weighted by atomic mass is 32.2. The molecule has 174 valence electrons. The lowest BCUT2D eigenvalue weighted by Crippen LogP contribution is -2.25. The second-order valence-electron chi connectivity index (χ2n) is 7.98. The number of benzene rings is 2. The van der Waals surface area contributed by atoms with Crippen LogP contribution in [-0.2, 0) is 27.9 Å². The van der Waals surface area contributed by atoms with E-state index in [4.69, 9.17) is 10.5 Å². The van der Waals surface area contributed by atoms with Gasteiger partial charge in [0.1, 0.15) is 17.9 Å². The fraction of sp³-hybridized carbons (Fsp3) is 0.333. The number of nitrogen functional groups attached to an aromatic ring is 1. The van der Waals surface area contributed by atoms with Crippen LogP contribution in [0.2, 0.25) is 0 Å². The molecule has 33 heavy (non-hydrogen) atoms. The van der Waals surface area contributed by atoms with E-state index >= 15 is 0 Å². The van der Waals surface area contributed by atoms with Gasteiger partial charge >= 0.3 is 0 Å². The Morgan fingerprint density at radius 1 is 1.09 bits per heavy atom. The van der Waals surface area contributed by atoms with E-state index in [-0.39, 0.29) is 4.90 Å². The zero-order chi connectivity index (χ0) is 23.6. The Bertz CT molecular complexity index is 1410. The fourth-order valence-corrected chi connectivity index (χ4v) is 5.06. The topological polar surface area (TPSA) is 112 Å². The molecular formula is C24H29N5O3S. The predicted octanol–water partition coefficient (Wildman–Crippen LogP) is 3.69. The molecule has 8 nitrogen and oxygen atoms in total. The molecule has 0 saturated carbocycles. The standard InChI is InChI=1S/C24H29N5O3S/c1-4-32-15-21-28-22-23(16(2)17(3)27-24(22)25)29(21)13-7-12-26-33(30,31)20-11-10-18-8-5-6-9-19(18)14-20/h5-6,8-11,14,26H,4,7,12-13,15H2,1-3H3,(H2,25,27). The number of imidazole rings is 1. The van der Waals surface area contributed by atoms with Crippen molar-refractivity contribution in [1.29, 1.82) is 0 Å². The van der Waals surface area contributed by atoms with E-state index in [2.05, 4.69) is 19.3 Å². The molecule has 2 aromatic heterocycles. The Morgan fingerprint density at radius 2 is 1.85 bits per heavy atom. The summed E-state index contributed by atoms with van der Waals surface area (Å²) < 4.78 is 36.0. The molecule has 0 aliphatic heterocycles. The molecule has 2 aromatic carbocycles. The van der Waals surface area contributed by atoms with Crippen LogP contribution in [0.3, 0.4) is 0 Å². The highest BCUT2D eigenvalue weighted by Gasteiger charge is 2.18. The van der Waals surface area contributed by atoms with Gasteiger partial charge in [0.15, 0.2) is 5.82 Å². The largest absolute Gasteiger partial charge is 0.382 e.